The van der Waals surface area contributed by atoms with E-state index in [-0.39, 0.29) is 0 Å². The molecule has 2 heterocycles. The van der Waals surface area contributed by atoms with E-state index in [1.165, 1.54) is 17.0 Å². The Morgan fingerprint density at radius 1 is 1.60 bits per heavy atom. The van der Waals surface area contributed by atoms with Gasteiger partial charge in [0, 0.05) is 40.7 Å². The summed E-state index contributed by atoms with van der Waals surface area (Å²) in [5.74, 6) is 0. The first-order valence-electron chi connectivity index (χ1n) is 3.21. The van der Waals surface area contributed by atoms with Crippen molar-refractivity contribution in [3.05, 3.63) is 17.0 Å². The Balaban J connectivity index is 2.44. The van der Waals surface area contributed by atoms with Gasteiger partial charge in [-0.25, -0.2) is 3.11 Å². The van der Waals surface area contributed by atoms with Crippen LogP contribution in [0.5, 0.6) is 0 Å². The number of H-pyrrole nitrogens is 1. The van der Waals surface area contributed by atoms with Crippen LogP contribution in [-0.2, 0) is 13.1 Å². The van der Waals surface area contributed by atoms with Crippen molar-refractivity contribution < 1.29 is 0 Å². The highest BCUT2D eigenvalue weighted by Crippen LogP contribution is 2.25. The molecule has 0 aromatic carbocycles. The summed E-state index contributed by atoms with van der Waals surface area (Å²) < 4.78 is 2.23. The van der Waals surface area contributed by atoms with Crippen LogP contribution in [-0.4, -0.2) is 13.3 Å². The van der Waals surface area contributed by atoms with Gasteiger partial charge in [-0.05, 0) is 6.92 Å². The normalized spacial score (nSPS) is 17.8. The standard InChI is InChI=1S/C6H8IN3/c1-4-5-2-10(7)3-6(5)9-8-4/h2-3H2,1H3,(H,8,9). The van der Waals surface area contributed by atoms with E-state index in [1.54, 1.807) is 0 Å². The molecule has 54 valence electrons. The number of rotatable bonds is 0. The first kappa shape index (κ1) is 6.60. The maximum atomic E-state index is 4.18. The molecule has 4 heteroatoms. The Hall–Kier alpha value is -0.100. The van der Waals surface area contributed by atoms with Crippen molar-refractivity contribution >= 4 is 22.9 Å². The van der Waals surface area contributed by atoms with Gasteiger partial charge in [-0.15, -0.1) is 0 Å². The fourth-order valence-corrected chi connectivity index (χ4v) is 1.90. The average Bonchev–Trinajstić information content (AvgIpc) is 2.35. The third-order valence-corrected chi connectivity index (χ3v) is 2.49. The van der Waals surface area contributed by atoms with Crippen molar-refractivity contribution in [3.8, 4) is 0 Å². The number of aromatic amines is 1. The van der Waals surface area contributed by atoms with Crippen LogP contribution in [0.4, 0.5) is 0 Å². The minimum Gasteiger partial charge on any atom is -0.282 e. The third kappa shape index (κ3) is 0.861. The van der Waals surface area contributed by atoms with Crippen LogP contribution >= 0.6 is 22.9 Å². The van der Waals surface area contributed by atoms with Crippen LogP contribution in [0.15, 0.2) is 0 Å². The van der Waals surface area contributed by atoms with Crippen LogP contribution in [0.25, 0.3) is 0 Å². The first-order valence-corrected chi connectivity index (χ1v) is 4.17. The molecule has 1 aliphatic heterocycles. The topological polar surface area (TPSA) is 31.9 Å². The first-order chi connectivity index (χ1) is 4.77. The van der Waals surface area contributed by atoms with E-state index < -0.39 is 0 Å². The molecular weight excluding hydrogens is 241 g/mol. The molecular formula is C6H8IN3. The van der Waals surface area contributed by atoms with E-state index in [0.717, 1.165) is 13.1 Å². The fraction of sp³-hybridized carbons (Fsp3) is 0.500. The molecule has 10 heavy (non-hydrogen) atoms. The minimum atomic E-state index is 0.986. The van der Waals surface area contributed by atoms with Crippen LogP contribution in [0.3, 0.4) is 0 Å². The van der Waals surface area contributed by atoms with Crippen LogP contribution in [0.2, 0.25) is 0 Å². The van der Waals surface area contributed by atoms with Gasteiger partial charge in [-0.1, -0.05) is 0 Å². The quantitative estimate of drug-likeness (QED) is 0.556. The maximum absolute atomic E-state index is 4.18. The zero-order chi connectivity index (χ0) is 7.14. The van der Waals surface area contributed by atoms with Gasteiger partial charge in [0.05, 0.1) is 12.2 Å². The lowest BCUT2D eigenvalue weighted by molar-refractivity contribution is 0.542. The predicted octanol–water partition coefficient (Wildman–Crippen LogP) is 1.38. The molecule has 1 N–H and O–H groups in total. The van der Waals surface area contributed by atoms with Crippen LogP contribution in [0.1, 0.15) is 17.0 Å². The molecule has 1 aromatic heterocycles. The lowest BCUT2D eigenvalue weighted by Gasteiger charge is -2.00. The van der Waals surface area contributed by atoms with E-state index >= 15 is 0 Å². The molecule has 2 rings (SSSR count). The number of nitrogens with zero attached hydrogens (tertiary/aromatic N) is 2. The number of hydrogen-bond acceptors (Lipinski definition) is 2. The van der Waals surface area contributed by atoms with E-state index in [2.05, 4.69) is 43.1 Å². The average molecular weight is 249 g/mol. The van der Waals surface area contributed by atoms with Gasteiger partial charge in [-0.2, -0.15) is 5.10 Å². The highest BCUT2D eigenvalue weighted by Gasteiger charge is 2.20. The van der Waals surface area contributed by atoms with Crippen molar-refractivity contribution in [2.45, 2.75) is 20.0 Å². The van der Waals surface area contributed by atoms with E-state index in [4.69, 9.17) is 0 Å². The van der Waals surface area contributed by atoms with Crippen molar-refractivity contribution in [1.82, 2.24) is 13.3 Å². The molecule has 0 spiro atoms. The predicted molar refractivity (Wildman–Crippen MR) is 46.6 cm³/mol. The molecule has 0 saturated carbocycles. The summed E-state index contributed by atoms with van der Waals surface area (Å²) in [5.41, 5.74) is 3.82. The van der Waals surface area contributed by atoms with Crippen molar-refractivity contribution in [3.63, 3.8) is 0 Å². The fourth-order valence-electron chi connectivity index (χ4n) is 1.23. The summed E-state index contributed by atoms with van der Waals surface area (Å²) in [4.78, 5) is 0. The number of hydrogen-bond donors (Lipinski definition) is 1. The summed E-state index contributed by atoms with van der Waals surface area (Å²) in [5, 5.41) is 7.15. The highest BCUT2D eigenvalue weighted by atomic mass is 127. The molecule has 0 radical (unpaired) electrons. The Morgan fingerprint density at radius 2 is 2.40 bits per heavy atom. The minimum absolute atomic E-state index is 0.986. The third-order valence-electron chi connectivity index (χ3n) is 1.81. The second-order valence-corrected chi connectivity index (χ2v) is 3.92. The summed E-state index contributed by atoms with van der Waals surface area (Å²) in [6.07, 6.45) is 0. The number of nitrogens with one attached hydrogen (secondary N) is 1. The van der Waals surface area contributed by atoms with Crippen molar-refractivity contribution in [2.75, 3.05) is 0 Å². The molecule has 1 aliphatic rings. The second kappa shape index (κ2) is 2.20. The summed E-state index contributed by atoms with van der Waals surface area (Å²) in [7, 11) is 0. The molecule has 3 nitrogen and oxygen atoms in total. The van der Waals surface area contributed by atoms with Gasteiger partial charge in [0.1, 0.15) is 0 Å². The molecule has 0 amide bonds. The van der Waals surface area contributed by atoms with Gasteiger partial charge in [0.15, 0.2) is 0 Å². The largest absolute Gasteiger partial charge is 0.282 e. The van der Waals surface area contributed by atoms with Gasteiger partial charge in [0.25, 0.3) is 0 Å². The molecule has 0 unspecified atom stereocenters. The molecule has 0 atom stereocenters. The lowest BCUT2D eigenvalue weighted by Crippen LogP contribution is -2.00. The van der Waals surface area contributed by atoms with Crippen LogP contribution in [0, 0.1) is 6.92 Å². The number of halogens is 1. The number of aromatic nitrogens is 2. The molecule has 0 aliphatic carbocycles. The van der Waals surface area contributed by atoms with Gasteiger partial charge in [-0.3, -0.25) is 5.10 Å². The number of fused-ring (bicyclic) bond motifs is 1. The van der Waals surface area contributed by atoms with E-state index in [1.807, 2.05) is 0 Å². The Kier molecular flexibility index (Phi) is 1.45. The Labute approximate surface area is 73.3 Å². The van der Waals surface area contributed by atoms with Gasteiger partial charge < -0.3 is 0 Å². The van der Waals surface area contributed by atoms with E-state index in [9.17, 15) is 0 Å². The second-order valence-electron chi connectivity index (χ2n) is 2.55. The van der Waals surface area contributed by atoms with Gasteiger partial charge in [0.2, 0.25) is 0 Å². The zero-order valence-electron chi connectivity index (χ0n) is 5.69. The zero-order valence-corrected chi connectivity index (χ0v) is 7.84. The Morgan fingerprint density at radius 3 is 3.10 bits per heavy atom. The Bertz CT molecular complexity index is 255. The molecule has 0 bridgehead atoms. The number of aryl methyl sites for hydroxylation is 1. The van der Waals surface area contributed by atoms with Crippen molar-refractivity contribution in [1.29, 1.82) is 0 Å². The summed E-state index contributed by atoms with van der Waals surface area (Å²) >= 11 is 2.32. The van der Waals surface area contributed by atoms with E-state index in [0.29, 0.717) is 0 Å². The monoisotopic (exact) mass is 249 g/mol. The SMILES string of the molecule is Cc1[nH]nc2c1CN(I)C2. The van der Waals surface area contributed by atoms with Gasteiger partial charge >= 0.3 is 0 Å². The lowest BCUT2D eigenvalue weighted by atomic mass is 10.2. The highest BCUT2D eigenvalue weighted by molar-refractivity contribution is 14.1. The molecule has 0 saturated heterocycles. The van der Waals surface area contributed by atoms with Crippen LogP contribution < -0.4 is 0 Å². The summed E-state index contributed by atoms with van der Waals surface area (Å²) in [6.45, 7) is 4.10. The van der Waals surface area contributed by atoms with Crippen molar-refractivity contribution in [2.24, 2.45) is 0 Å². The maximum Gasteiger partial charge on any atom is 0.0818 e. The summed E-state index contributed by atoms with van der Waals surface area (Å²) in [6, 6.07) is 0. The molecule has 1 aromatic rings. The smallest absolute Gasteiger partial charge is 0.0818 e. The molecule has 0 fully saturated rings.